The number of carbonyl (C=O) groups excluding carboxylic acids is 1. The van der Waals surface area contributed by atoms with E-state index in [1.165, 1.54) is 0 Å². The smallest absolute Gasteiger partial charge is 0.238 e. The SMILES string of the molecule is CC(O)C1CCN(CC(=O)Nc2ccc(CC#N)cc2)C1. The first-order valence-electron chi connectivity index (χ1n) is 7.24. The first-order valence-corrected chi connectivity index (χ1v) is 7.24. The van der Waals surface area contributed by atoms with E-state index < -0.39 is 0 Å². The van der Waals surface area contributed by atoms with Crippen molar-refractivity contribution in [2.75, 3.05) is 25.0 Å². The van der Waals surface area contributed by atoms with Crippen molar-refractivity contribution in [3.05, 3.63) is 29.8 Å². The van der Waals surface area contributed by atoms with Gasteiger partial charge in [0.15, 0.2) is 0 Å². The second-order valence-corrected chi connectivity index (χ2v) is 5.60. The van der Waals surface area contributed by atoms with Crippen molar-refractivity contribution < 1.29 is 9.90 Å². The third-order valence-corrected chi connectivity index (χ3v) is 3.88. The number of amides is 1. The number of anilines is 1. The highest BCUT2D eigenvalue weighted by atomic mass is 16.3. The number of likely N-dealkylation sites (tertiary alicyclic amines) is 1. The lowest BCUT2D eigenvalue weighted by molar-refractivity contribution is -0.117. The van der Waals surface area contributed by atoms with Gasteiger partial charge in [-0.2, -0.15) is 5.26 Å². The molecule has 112 valence electrons. The molecule has 1 aliphatic heterocycles. The summed E-state index contributed by atoms with van der Waals surface area (Å²) in [6, 6.07) is 9.41. The van der Waals surface area contributed by atoms with Gasteiger partial charge in [-0.3, -0.25) is 9.69 Å². The topological polar surface area (TPSA) is 76.4 Å². The van der Waals surface area contributed by atoms with Crippen molar-refractivity contribution in [2.45, 2.75) is 25.9 Å². The highest BCUT2D eigenvalue weighted by Crippen LogP contribution is 2.19. The van der Waals surface area contributed by atoms with Crippen LogP contribution >= 0.6 is 0 Å². The summed E-state index contributed by atoms with van der Waals surface area (Å²) in [5.41, 5.74) is 1.68. The summed E-state index contributed by atoms with van der Waals surface area (Å²) in [6.45, 7) is 3.77. The van der Waals surface area contributed by atoms with Crippen LogP contribution in [0.1, 0.15) is 18.9 Å². The number of nitriles is 1. The number of benzene rings is 1. The number of aliphatic hydroxyl groups excluding tert-OH is 1. The Kier molecular flexibility index (Phi) is 5.32. The molecule has 1 aromatic rings. The van der Waals surface area contributed by atoms with E-state index in [1.54, 1.807) is 6.92 Å². The summed E-state index contributed by atoms with van der Waals surface area (Å²) in [4.78, 5) is 14.1. The van der Waals surface area contributed by atoms with Gasteiger partial charge in [0.1, 0.15) is 0 Å². The van der Waals surface area contributed by atoms with E-state index in [-0.39, 0.29) is 17.9 Å². The van der Waals surface area contributed by atoms with Gasteiger partial charge in [0.25, 0.3) is 0 Å². The van der Waals surface area contributed by atoms with Gasteiger partial charge in [0, 0.05) is 12.2 Å². The molecular weight excluding hydrogens is 266 g/mol. The first-order chi connectivity index (χ1) is 10.1. The maximum absolute atomic E-state index is 12.0. The lowest BCUT2D eigenvalue weighted by atomic mass is 10.0. The third-order valence-electron chi connectivity index (χ3n) is 3.88. The van der Waals surface area contributed by atoms with Crippen LogP contribution in [0.4, 0.5) is 5.69 Å². The number of rotatable bonds is 5. The second-order valence-electron chi connectivity index (χ2n) is 5.60. The third kappa shape index (κ3) is 4.55. The molecule has 21 heavy (non-hydrogen) atoms. The molecule has 2 atom stereocenters. The van der Waals surface area contributed by atoms with Crippen molar-refractivity contribution in [1.29, 1.82) is 5.26 Å². The summed E-state index contributed by atoms with van der Waals surface area (Å²) in [7, 11) is 0. The van der Waals surface area contributed by atoms with Gasteiger partial charge in [0.2, 0.25) is 5.91 Å². The summed E-state index contributed by atoms with van der Waals surface area (Å²) >= 11 is 0. The molecule has 1 saturated heterocycles. The largest absolute Gasteiger partial charge is 0.393 e. The molecule has 2 rings (SSSR count). The standard InChI is InChI=1S/C16H21N3O2/c1-12(20)14-7-9-19(10-14)11-16(21)18-15-4-2-13(3-5-15)6-8-17/h2-5,12,14,20H,6-7,9-11H2,1H3,(H,18,21). The van der Waals surface area contributed by atoms with Gasteiger partial charge in [-0.05, 0) is 43.5 Å². The van der Waals surface area contributed by atoms with Crippen LogP contribution in [0, 0.1) is 17.2 Å². The molecule has 1 amide bonds. The molecular formula is C16H21N3O2. The van der Waals surface area contributed by atoms with Gasteiger partial charge in [0.05, 0.1) is 25.1 Å². The predicted molar refractivity (Wildman–Crippen MR) is 80.6 cm³/mol. The van der Waals surface area contributed by atoms with Crippen LogP contribution in [0.25, 0.3) is 0 Å². The number of hydrogen-bond donors (Lipinski definition) is 2. The first kappa shape index (κ1) is 15.5. The molecule has 5 heteroatoms. The molecule has 0 bridgehead atoms. The van der Waals surface area contributed by atoms with Crippen LogP contribution < -0.4 is 5.32 Å². The molecule has 5 nitrogen and oxygen atoms in total. The van der Waals surface area contributed by atoms with Crippen LogP contribution in [0.15, 0.2) is 24.3 Å². The molecule has 0 radical (unpaired) electrons. The Bertz CT molecular complexity index is 519. The Morgan fingerprint density at radius 1 is 1.52 bits per heavy atom. The number of carbonyl (C=O) groups is 1. The highest BCUT2D eigenvalue weighted by molar-refractivity contribution is 5.92. The molecule has 0 aromatic heterocycles. The van der Waals surface area contributed by atoms with Crippen molar-refractivity contribution in [2.24, 2.45) is 5.92 Å². The Hall–Kier alpha value is -1.90. The fourth-order valence-electron chi connectivity index (χ4n) is 2.60. The molecule has 0 aliphatic carbocycles. The van der Waals surface area contributed by atoms with E-state index in [4.69, 9.17) is 5.26 Å². The summed E-state index contributed by atoms with van der Waals surface area (Å²) < 4.78 is 0. The second kappa shape index (κ2) is 7.21. The Balaban J connectivity index is 1.81. The lowest BCUT2D eigenvalue weighted by Crippen LogP contribution is -2.32. The fourth-order valence-corrected chi connectivity index (χ4v) is 2.60. The van der Waals surface area contributed by atoms with Crippen molar-refractivity contribution in [3.63, 3.8) is 0 Å². The molecule has 0 saturated carbocycles. The van der Waals surface area contributed by atoms with E-state index in [1.807, 2.05) is 24.3 Å². The highest BCUT2D eigenvalue weighted by Gasteiger charge is 2.26. The summed E-state index contributed by atoms with van der Waals surface area (Å²) in [5.74, 6) is 0.220. The van der Waals surface area contributed by atoms with Gasteiger partial charge in [-0.25, -0.2) is 0 Å². The van der Waals surface area contributed by atoms with Crippen molar-refractivity contribution in [1.82, 2.24) is 4.90 Å². The van der Waals surface area contributed by atoms with Crippen LogP contribution in [0.2, 0.25) is 0 Å². The number of nitrogens with one attached hydrogen (secondary N) is 1. The Morgan fingerprint density at radius 2 is 2.24 bits per heavy atom. The van der Waals surface area contributed by atoms with E-state index >= 15 is 0 Å². The quantitative estimate of drug-likeness (QED) is 0.858. The normalized spacial score (nSPS) is 20.0. The molecule has 2 unspecified atom stereocenters. The average Bonchev–Trinajstić information content (AvgIpc) is 2.90. The van der Waals surface area contributed by atoms with Crippen molar-refractivity contribution in [3.8, 4) is 6.07 Å². The van der Waals surface area contributed by atoms with Crippen LogP contribution in [-0.2, 0) is 11.2 Å². The molecule has 1 fully saturated rings. The minimum Gasteiger partial charge on any atom is -0.393 e. The lowest BCUT2D eigenvalue weighted by Gasteiger charge is -2.17. The zero-order valence-corrected chi connectivity index (χ0v) is 12.2. The Morgan fingerprint density at radius 3 is 2.81 bits per heavy atom. The summed E-state index contributed by atoms with van der Waals surface area (Å²) in [6.07, 6.45) is 1.00. The van der Waals surface area contributed by atoms with Crippen LogP contribution in [0.3, 0.4) is 0 Å². The van der Waals surface area contributed by atoms with E-state index in [9.17, 15) is 9.90 Å². The van der Waals surface area contributed by atoms with Crippen molar-refractivity contribution >= 4 is 11.6 Å². The Labute approximate surface area is 125 Å². The minimum atomic E-state index is -0.314. The maximum atomic E-state index is 12.0. The maximum Gasteiger partial charge on any atom is 0.238 e. The van der Waals surface area contributed by atoms with Crippen LogP contribution in [0.5, 0.6) is 0 Å². The monoisotopic (exact) mass is 287 g/mol. The van der Waals surface area contributed by atoms with Gasteiger partial charge in [-0.15, -0.1) is 0 Å². The zero-order chi connectivity index (χ0) is 15.2. The van der Waals surface area contributed by atoms with Crippen LogP contribution in [-0.4, -0.2) is 41.7 Å². The van der Waals surface area contributed by atoms with Gasteiger partial charge in [-0.1, -0.05) is 12.1 Å². The minimum absolute atomic E-state index is 0.0470. The summed E-state index contributed by atoms with van der Waals surface area (Å²) in [5, 5.41) is 21.0. The zero-order valence-electron chi connectivity index (χ0n) is 12.2. The molecule has 2 N–H and O–H groups in total. The molecule has 1 heterocycles. The molecule has 0 spiro atoms. The van der Waals surface area contributed by atoms with E-state index in [0.29, 0.717) is 13.0 Å². The average molecular weight is 287 g/mol. The fraction of sp³-hybridized carbons (Fsp3) is 0.500. The molecule has 1 aromatic carbocycles. The van der Waals surface area contributed by atoms with Gasteiger partial charge < -0.3 is 10.4 Å². The van der Waals surface area contributed by atoms with E-state index in [2.05, 4.69) is 16.3 Å². The molecule has 1 aliphatic rings. The number of aliphatic hydroxyl groups is 1. The number of hydrogen-bond acceptors (Lipinski definition) is 4. The number of nitrogens with zero attached hydrogens (tertiary/aromatic N) is 2. The van der Waals surface area contributed by atoms with Gasteiger partial charge >= 0.3 is 0 Å². The predicted octanol–water partition coefficient (Wildman–Crippen LogP) is 1.39. The van der Waals surface area contributed by atoms with E-state index in [0.717, 1.165) is 30.8 Å².